The molecule has 6 nitrogen and oxygen atoms in total. The summed E-state index contributed by atoms with van der Waals surface area (Å²) in [5.41, 5.74) is -0.709. The molecule has 0 saturated carbocycles. The zero-order valence-corrected chi connectivity index (χ0v) is 20.7. The van der Waals surface area contributed by atoms with Crippen LogP contribution in [-0.2, 0) is 4.74 Å². The summed E-state index contributed by atoms with van der Waals surface area (Å²) in [7, 11) is 0. The second kappa shape index (κ2) is 8.19. The van der Waals surface area contributed by atoms with E-state index < -0.39 is 17.2 Å². The minimum absolute atomic E-state index is 0.0476. The Morgan fingerprint density at radius 1 is 1.19 bits per heavy atom. The van der Waals surface area contributed by atoms with Crippen LogP contribution in [0.2, 0.25) is 5.02 Å². The lowest BCUT2D eigenvalue weighted by atomic mass is 10.1. The van der Waals surface area contributed by atoms with Crippen molar-refractivity contribution in [3.05, 3.63) is 21.1 Å². The highest BCUT2D eigenvalue weighted by atomic mass is 79.9. The minimum Gasteiger partial charge on any atom is -0.444 e. The maximum absolute atomic E-state index is 15.2. The molecule has 1 amide bonds. The van der Waals surface area contributed by atoms with E-state index in [1.165, 1.54) is 11.8 Å². The number of benzene rings is 1. The number of hydrogen-bond acceptors (Lipinski definition) is 6. The van der Waals surface area contributed by atoms with Gasteiger partial charge in [-0.05, 0) is 55.8 Å². The summed E-state index contributed by atoms with van der Waals surface area (Å²) in [5.74, 6) is -1.20. The Labute approximate surface area is 196 Å². The summed E-state index contributed by atoms with van der Waals surface area (Å²) >= 11 is 10.3. The van der Waals surface area contributed by atoms with Crippen molar-refractivity contribution in [3.8, 4) is 0 Å². The van der Waals surface area contributed by atoms with Crippen LogP contribution in [0.4, 0.5) is 19.4 Å². The third-order valence-electron chi connectivity index (χ3n) is 5.44. The van der Waals surface area contributed by atoms with Crippen LogP contribution in [0.3, 0.4) is 0 Å². The number of piperazine rings is 1. The summed E-state index contributed by atoms with van der Waals surface area (Å²) in [6.45, 7) is 6.37. The van der Waals surface area contributed by atoms with Gasteiger partial charge in [-0.2, -0.15) is 0 Å². The van der Waals surface area contributed by atoms with Crippen LogP contribution in [0.5, 0.6) is 0 Å². The van der Waals surface area contributed by atoms with E-state index in [-0.39, 0.29) is 38.6 Å². The molecule has 0 spiro atoms. The predicted octanol–water partition coefficient (Wildman–Crippen LogP) is 5.63. The van der Waals surface area contributed by atoms with Gasteiger partial charge in [0.1, 0.15) is 16.9 Å². The molecule has 0 N–H and O–H groups in total. The molecule has 11 heteroatoms. The molecule has 2 fully saturated rings. The first kappa shape index (κ1) is 22.8. The first-order valence-electron chi connectivity index (χ1n) is 9.85. The molecule has 1 aromatic heterocycles. The smallest absolute Gasteiger partial charge is 0.410 e. The van der Waals surface area contributed by atoms with E-state index in [2.05, 4.69) is 25.9 Å². The molecule has 31 heavy (non-hydrogen) atoms. The number of anilines is 1. The first-order valence-corrected chi connectivity index (χ1v) is 12.2. The highest BCUT2D eigenvalue weighted by Gasteiger charge is 2.45. The molecule has 2 aliphatic rings. The number of rotatable bonds is 2. The van der Waals surface area contributed by atoms with Gasteiger partial charge in [0, 0.05) is 13.1 Å². The molecule has 2 unspecified atom stereocenters. The Hall–Kier alpha value is -1.39. The fourth-order valence-electron chi connectivity index (χ4n) is 4.21. The lowest BCUT2D eigenvalue weighted by Gasteiger charge is -2.42. The van der Waals surface area contributed by atoms with E-state index in [0.717, 1.165) is 12.8 Å². The van der Waals surface area contributed by atoms with Crippen molar-refractivity contribution in [2.24, 2.45) is 0 Å². The van der Waals surface area contributed by atoms with Crippen LogP contribution in [0, 0.1) is 11.6 Å². The lowest BCUT2D eigenvalue weighted by molar-refractivity contribution is 0.0123. The molecule has 4 rings (SSSR count). The molecule has 2 saturated heterocycles. The largest absolute Gasteiger partial charge is 0.444 e. The van der Waals surface area contributed by atoms with Crippen molar-refractivity contribution in [2.45, 2.75) is 56.5 Å². The fraction of sp³-hybridized carbons (Fsp3) is 0.550. The highest BCUT2D eigenvalue weighted by Crippen LogP contribution is 2.41. The zero-order valence-electron chi connectivity index (χ0n) is 17.5. The van der Waals surface area contributed by atoms with Gasteiger partial charge in [-0.25, -0.2) is 23.5 Å². The molecular formula is C20H22BrClF2N4O2S. The van der Waals surface area contributed by atoms with Crippen molar-refractivity contribution in [3.63, 3.8) is 0 Å². The van der Waals surface area contributed by atoms with Gasteiger partial charge in [0.15, 0.2) is 16.8 Å². The summed E-state index contributed by atoms with van der Waals surface area (Å²) in [5, 5.41) is -0.0623. The van der Waals surface area contributed by atoms with Gasteiger partial charge in [0.2, 0.25) is 0 Å². The van der Waals surface area contributed by atoms with E-state index in [1.54, 1.807) is 11.2 Å². The molecule has 2 aromatic rings. The van der Waals surface area contributed by atoms with Gasteiger partial charge in [-0.1, -0.05) is 23.4 Å². The average Bonchev–Trinajstić information content (AvgIpc) is 2.98. The van der Waals surface area contributed by atoms with Crippen molar-refractivity contribution < 1.29 is 18.3 Å². The third-order valence-corrected chi connectivity index (χ3v) is 7.32. The molecule has 2 aliphatic heterocycles. The second-order valence-electron chi connectivity index (χ2n) is 8.69. The van der Waals surface area contributed by atoms with Crippen molar-refractivity contribution in [1.82, 2.24) is 14.9 Å². The molecular weight excluding hydrogens is 514 g/mol. The SMILES string of the molecule is CSc1nc(N2CC3CCC(C2)N3C(=O)OC(C)(C)C)c2c(F)c(Cl)c(Br)c(F)c2n1. The van der Waals surface area contributed by atoms with Crippen molar-refractivity contribution >= 4 is 62.1 Å². The van der Waals surface area contributed by atoms with Crippen LogP contribution in [-0.4, -0.2) is 58.0 Å². The van der Waals surface area contributed by atoms with Crippen LogP contribution in [0.25, 0.3) is 10.9 Å². The van der Waals surface area contributed by atoms with Gasteiger partial charge in [0.05, 0.1) is 27.0 Å². The number of halogens is 4. The zero-order chi connectivity index (χ0) is 22.7. The number of aromatic nitrogens is 2. The predicted molar refractivity (Wildman–Crippen MR) is 121 cm³/mol. The van der Waals surface area contributed by atoms with E-state index in [9.17, 15) is 9.18 Å². The Bertz CT molecular complexity index is 1050. The maximum Gasteiger partial charge on any atom is 0.410 e. The quantitative estimate of drug-likeness (QED) is 0.215. The number of carbonyl (C=O) groups excluding carboxylic acids is 1. The molecule has 3 heterocycles. The van der Waals surface area contributed by atoms with Crippen LogP contribution < -0.4 is 4.90 Å². The van der Waals surface area contributed by atoms with Gasteiger partial charge in [-0.15, -0.1) is 0 Å². The number of nitrogens with zero attached hydrogens (tertiary/aromatic N) is 4. The summed E-state index contributed by atoms with van der Waals surface area (Å²) in [6, 6.07) is -0.203. The number of ether oxygens (including phenoxy) is 1. The Balaban J connectivity index is 1.75. The van der Waals surface area contributed by atoms with Crippen molar-refractivity contribution in [2.75, 3.05) is 24.2 Å². The number of amides is 1. The number of fused-ring (bicyclic) bond motifs is 3. The molecule has 0 aliphatic carbocycles. The van der Waals surface area contributed by atoms with E-state index >= 15 is 4.39 Å². The number of thioether (sulfide) groups is 1. The van der Waals surface area contributed by atoms with Crippen LogP contribution >= 0.6 is 39.3 Å². The van der Waals surface area contributed by atoms with E-state index in [4.69, 9.17) is 16.3 Å². The van der Waals surface area contributed by atoms with E-state index in [0.29, 0.717) is 24.1 Å². The van der Waals surface area contributed by atoms with Gasteiger partial charge in [0.25, 0.3) is 0 Å². The highest BCUT2D eigenvalue weighted by molar-refractivity contribution is 9.10. The van der Waals surface area contributed by atoms with E-state index in [1.807, 2.05) is 25.7 Å². The molecule has 2 atom stereocenters. The van der Waals surface area contributed by atoms with Crippen LogP contribution in [0.15, 0.2) is 9.63 Å². The monoisotopic (exact) mass is 534 g/mol. The molecule has 0 radical (unpaired) electrons. The number of carbonyl (C=O) groups is 1. The summed E-state index contributed by atoms with van der Waals surface area (Å²) in [4.78, 5) is 25.1. The summed E-state index contributed by atoms with van der Waals surface area (Å²) in [6.07, 6.45) is 3.04. The first-order chi connectivity index (χ1) is 14.5. The Kier molecular flexibility index (Phi) is 6.02. The Morgan fingerprint density at radius 3 is 2.35 bits per heavy atom. The number of hydrogen-bond donors (Lipinski definition) is 0. The average molecular weight is 536 g/mol. The Morgan fingerprint density at radius 2 is 1.81 bits per heavy atom. The topological polar surface area (TPSA) is 58.6 Å². The molecule has 2 bridgehead atoms. The maximum atomic E-state index is 15.2. The van der Waals surface area contributed by atoms with Gasteiger partial charge in [-0.3, -0.25) is 4.90 Å². The lowest BCUT2D eigenvalue weighted by Crippen LogP contribution is -2.57. The van der Waals surface area contributed by atoms with Gasteiger partial charge < -0.3 is 9.64 Å². The van der Waals surface area contributed by atoms with Gasteiger partial charge >= 0.3 is 6.09 Å². The normalized spacial score (nSPS) is 21.2. The molecule has 1 aromatic carbocycles. The standard InChI is InChI=1S/C20H22BrClF2N4O2S/c1-20(2,3)30-19(29)28-9-5-6-10(28)8-27(7-9)17-11-14(23)13(22)12(21)15(24)16(11)25-18(26-17)31-4/h9-10H,5-8H2,1-4H3. The third kappa shape index (κ3) is 4.06. The molecule has 168 valence electrons. The van der Waals surface area contributed by atoms with Crippen LogP contribution in [0.1, 0.15) is 33.6 Å². The second-order valence-corrected chi connectivity index (χ2v) is 10.6. The van der Waals surface area contributed by atoms with Crippen molar-refractivity contribution in [1.29, 1.82) is 0 Å². The summed E-state index contributed by atoms with van der Waals surface area (Å²) < 4.78 is 35.5. The fourth-order valence-corrected chi connectivity index (χ4v) is 5.10. The minimum atomic E-state index is -0.769.